The Balaban J connectivity index is 2.09. The summed E-state index contributed by atoms with van der Waals surface area (Å²) in [4.78, 5) is 21.5. The van der Waals surface area contributed by atoms with Crippen LogP contribution in [0.5, 0.6) is 5.88 Å². The van der Waals surface area contributed by atoms with Gasteiger partial charge in [-0.05, 0) is 12.3 Å². The van der Waals surface area contributed by atoms with Crippen LogP contribution in [0, 0.1) is 11.8 Å². The number of carbonyl (C=O) groups is 1. The third kappa shape index (κ3) is 2.52. The zero-order valence-corrected chi connectivity index (χ0v) is 10.5. The molecule has 18 heavy (non-hydrogen) atoms. The third-order valence-electron chi connectivity index (χ3n) is 3.36. The largest absolute Gasteiger partial charge is 0.481 e. The summed E-state index contributed by atoms with van der Waals surface area (Å²) >= 11 is 0. The summed E-state index contributed by atoms with van der Waals surface area (Å²) in [5.41, 5.74) is 0. The van der Waals surface area contributed by atoms with Gasteiger partial charge in [-0.1, -0.05) is 6.92 Å². The second-order valence-corrected chi connectivity index (χ2v) is 4.58. The van der Waals surface area contributed by atoms with Crippen molar-refractivity contribution < 1.29 is 14.6 Å². The van der Waals surface area contributed by atoms with Crippen molar-refractivity contribution in [2.75, 3.05) is 25.1 Å². The van der Waals surface area contributed by atoms with E-state index in [4.69, 9.17) is 9.84 Å². The van der Waals surface area contributed by atoms with Gasteiger partial charge < -0.3 is 14.7 Å². The fourth-order valence-corrected chi connectivity index (χ4v) is 2.31. The molecule has 1 N–H and O–H groups in total. The van der Waals surface area contributed by atoms with Gasteiger partial charge in [0.15, 0.2) is 5.82 Å². The second kappa shape index (κ2) is 5.20. The SMILES string of the molecule is COc1cncc(N2CCC(C(=O)O)C(C)C2)n1. The van der Waals surface area contributed by atoms with Crippen LogP contribution in [0.4, 0.5) is 5.82 Å². The van der Waals surface area contributed by atoms with Crippen LogP contribution in [0.15, 0.2) is 12.4 Å². The monoisotopic (exact) mass is 251 g/mol. The highest BCUT2D eigenvalue weighted by Crippen LogP contribution is 2.26. The molecule has 0 saturated carbocycles. The number of hydrogen-bond donors (Lipinski definition) is 1. The molecule has 2 rings (SSSR count). The fourth-order valence-electron chi connectivity index (χ4n) is 2.31. The molecule has 0 radical (unpaired) electrons. The van der Waals surface area contributed by atoms with E-state index >= 15 is 0 Å². The van der Waals surface area contributed by atoms with E-state index in [2.05, 4.69) is 14.9 Å². The highest BCUT2D eigenvalue weighted by Gasteiger charge is 2.31. The van der Waals surface area contributed by atoms with Gasteiger partial charge >= 0.3 is 5.97 Å². The molecule has 2 heterocycles. The summed E-state index contributed by atoms with van der Waals surface area (Å²) in [6.45, 7) is 3.32. The number of methoxy groups -OCH3 is 1. The molecule has 1 saturated heterocycles. The molecule has 0 bridgehead atoms. The number of nitrogens with zero attached hydrogens (tertiary/aromatic N) is 3. The van der Waals surface area contributed by atoms with E-state index in [1.807, 2.05) is 6.92 Å². The highest BCUT2D eigenvalue weighted by molar-refractivity contribution is 5.70. The number of anilines is 1. The van der Waals surface area contributed by atoms with Gasteiger partial charge in [0.25, 0.3) is 0 Å². The van der Waals surface area contributed by atoms with E-state index in [-0.39, 0.29) is 11.8 Å². The smallest absolute Gasteiger partial charge is 0.306 e. The minimum atomic E-state index is -0.709. The first kappa shape index (κ1) is 12.6. The number of rotatable bonds is 3. The number of carboxylic acid groups (broad SMARTS) is 1. The first-order valence-electron chi connectivity index (χ1n) is 5.95. The maximum absolute atomic E-state index is 11.0. The highest BCUT2D eigenvalue weighted by atomic mass is 16.5. The van der Waals surface area contributed by atoms with Crippen LogP contribution in [-0.2, 0) is 4.79 Å². The lowest BCUT2D eigenvalue weighted by Gasteiger charge is -2.35. The van der Waals surface area contributed by atoms with Crippen molar-refractivity contribution in [1.29, 1.82) is 0 Å². The van der Waals surface area contributed by atoms with Gasteiger partial charge in [0.05, 0.1) is 25.4 Å². The van der Waals surface area contributed by atoms with Crippen LogP contribution in [0.25, 0.3) is 0 Å². The Hall–Kier alpha value is -1.85. The Bertz CT molecular complexity index is 438. The molecule has 6 nitrogen and oxygen atoms in total. The van der Waals surface area contributed by atoms with Gasteiger partial charge in [-0.25, -0.2) is 0 Å². The molecular weight excluding hydrogens is 234 g/mol. The zero-order chi connectivity index (χ0) is 13.1. The van der Waals surface area contributed by atoms with Crippen LogP contribution >= 0.6 is 0 Å². The number of carboxylic acids is 1. The molecule has 1 fully saturated rings. The van der Waals surface area contributed by atoms with Crippen LogP contribution in [0.3, 0.4) is 0 Å². The van der Waals surface area contributed by atoms with E-state index in [1.54, 1.807) is 19.5 Å². The van der Waals surface area contributed by atoms with Crippen molar-refractivity contribution in [3.05, 3.63) is 12.4 Å². The molecule has 2 atom stereocenters. The average molecular weight is 251 g/mol. The number of aliphatic carboxylic acids is 1. The predicted octanol–water partition coefficient (Wildman–Crippen LogP) is 1.03. The van der Waals surface area contributed by atoms with Gasteiger partial charge in [0, 0.05) is 13.1 Å². The summed E-state index contributed by atoms with van der Waals surface area (Å²) in [5.74, 6) is 0.341. The van der Waals surface area contributed by atoms with Crippen molar-refractivity contribution in [2.45, 2.75) is 13.3 Å². The number of piperidine rings is 1. The molecule has 1 aliphatic rings. The Morgan fingerprint density at radius 3 is 2.94 bits per heavy atom. The Morgan fingerprint density at radius 1 is 1.56 bits per heavy atom. The molecule has 0 aliphatic carbocycles. The predicted molar refractivity (Wildman–Crippen MR) is 65.7 cm³/mol. The number of ether oxygens (including phenoxy) is 1. The van der Waals surface area contributed by atoms with E-state index in [0.29, 0.717) is 25.4 Å². The van der Waals surface area contributed by atoms with Gasteiger partial charge in [-0.2, -0.15) is 4.98 Å². The number of aromatic nitrogens is 2. The minimum Gasteiger partial charge on any atom is -0.481 e. The van der Waals surface area contributed by atoms with E-state index in [0.717, 1.165) is 5.82 Å². The van der Waals surface area contributed by atoms with Crippen molar-refractivity contribution >= 4 is 11.8 Å². The molecule has 98 valence electrons. The molecule has 0 spiro atoms. The van der Waals surface area contributed by atoms with E-state index < -0.39 is 5.97 Å². The molecule has 1 aromatic heterocycles. The van der Waals surface area contributed by atoms with Crippen LogP contribution in [0.1, 0.15) is 13.3 Å². The van der Waals surface area contributed by atoms with Gasteiger partial charge in [0.1, 0.15) is 0 Å². The molecule has 1 aliphatic heterocycles. The average Bonchev–Trinajstić information content (AvgIpc) is 2.38. The number of hydrogen-bond acceptors (Lipinski definition) is 5. The summed E-state index contributed by atoms with van der Waals surface area (Å²) < 4.78 is 5.04. The standard InChI is InChI=1S/C12H17N3O3/c1-8-7-15(4-3-9(8)12(16)17)10-5-13-6-11(14-10)18-2/h5-6,8-9H,3-4,7H2,1-2H3,(H,16,17). The van der Waals surface area contributed by atoms with Crippen molar-refractivity contribution in [2.24, 2.45) is 11.8 Å². The first-order valence-corrected chi connectivity index (χ1v) is 5.95. The quantitative estimate of drug-likeness (QED) is 0.864. The summed E-state index contributed by atoms with van der Waals surface area (Å²) in [5, 5.41) is 9.08. The minimum absolute atomic E-state index is 0.101. The van der Waals surface area contributed by atoms with E-state index in [9.17, 15) is 4.79 Å². The van der Waals surface area contributed by atoms with Crippen molar-refractivity contribution in [1.82, 2.24) is 9.97 Å². The Morgan fingerprint density at radius 2 is 2.33 bits per heavy atom. The maximum atomic E-state index is 11.0. The second-order valence-electron chi connectivity index (χ2n) is 4.58. The van der Waals surface area contributed by atoms with Gasteiger partial charge in [0.2, 0.25) is 5.88 Å². The van der Waals surface area contributed by atoms with Crippen LogP contribution in [0.2, 0.25) is 0 Å². The van der Waals surface area contributed by atoms with Crippen molar-refractivity contribution in [3.8, 4) is 5.88 Å². The molecule has 2 unspecified atom stereocenters. The van der Waals surface area contributed by atoms with Crippen LogP contribution in [-0.4, -0.2) is 41.2 Å². The molecule has 1 aromatic rings. The third-order valence-corrected chi connectivity index (χ3v) is 3.36. The molecule has 0 aromatic carbocycles. The summed E-state index contributed by atoms with van der Waals surface area (Å²) in [6, 6.07) is 0. The normalized spacial score (nSPS) is 23.8. The summed E-state index contributed by atoms with van der Waals surface area (Å²) in [6.07, 6.45) is 3.86. The summed E-state index contributed by atoms with van der Waals surface area (Å²) in [7, 11) is 1.55. The van der Waals surface area contributed by atoms with Crippen LogP contribution < -0.4 is 9.64 Å². The zero-order valence-electron chi connectivity index (χ0n) is 10.5. The maximum Gasteiger partial charge on any atom is 0.306 e. The lowest BCUT2D eigenvalue weighted by molar-refractivity contribution is -0.144. The van der Waals surface area contributed by atoms with Crippen molar-refractivity contribution in [3.63, 3.8) is 0 Å². The molecular formula is C12H17N3O3. The lowest BCUT2D eigenvalue weighted by Crippen LogP contribution is -2.42. The Labute approximate surface area is 106 Å². The Kier molecular flexibility index (Phi) is 3.64. The fraction of sp³-hybridized carbons (Fsp3) is 0.583. The topological polar surface area (TPSA) is 75.5 Å². The lowest BCUT2D eigenvalue weighted by atomic mass is 9.87. The van der Waals surface area contributed by atoms with Gasteiger partial charge in [-0.15, -0.1) is 0 Å². The molecule has 0 amide bonds. The van der Waals surface area contributed by atoms with E-state index in [1.165, 1.54) is 0 Å². The molecule has 6 heteroatoms. The first-order chi connectivity index (χ1) is 8.61. The van der Waals surface area contributed by atoms with Gasteiger partial charge in [-0.3, -0.25) is 9.78 Å².